The normalized spacial score (nSPS) is 11.7. The van der Waals surface area contributed by atoms with Crippen LogP contribution in [-0.4, -0.2) is 11.7 Å². The predicted molar refractivity (Wildman–Crippen MR) is 77.8 cm³/mol. The molecule has 2 rings (SSSR count). The first-order valence-corrected chi connectivity index (χ1v) is 6.55. The van der Waals surface area contributed by atoms with E-state index in [1.807, 2.05) is 25.1 Å². The van der Waals surface area contributed by atoms with Crippen LogP contribution in [0.3, 0.4) is 0 Å². The third-order valence-electron chi connectivity index (χ3n) is 2.91. The number of ether oxygens (including phenoxy) is 1. The molecule has 4 heteroatoms. The summed E-state index contributed by atoms with van der Waals surface area (Å²) in [7, 11) is 0. The minimum Gasteiger partial charge on any atom is -0.489 e. The van der Waals surface area contributed by atoms with E-state index in [0.717, 1.165) is 5.56 Å². The molecule has 2 aromatic rings. The topological polar surface area (TPSA) is 53.2 Å². The predicted octanol–water partition coefficient (Wildman–Crippen LogP) is 3.63. The Morgan fingerprint density at radius 1 is 1.25 bits per heavy atom. The molecule has 0 bridgehead atoms. The molecule has 1 atom stereocenters. The van der Waals surface area contributed by atoms with Crippen LogP contribution in [-0.2, 0) is 0 Å². The van der Waals surface area contributed by atoms with Crippen molar-refractivity contribution in [1.29, 1.82) is 5.26 Å². The number of nitriles is 1. The first kappa shape index (κ1) is 14.4. The van der Waals surface area contributed by atoms with Crippen LogP contribution >= 0.6 is 11.6 Å². The van der Waals surface area contributed by atoms with Crippen molar-refractivity contribution in [2.24, 2.45) is 0 Å². The Hall–Kier alpha value is -2.02. The molecular weight excluding hydrogens is 274 g/mol. The molecule has 2 aromatic carbocycles. The van der Waals surface area contributed by atoms with Gasteiger partial charge in [-0.2, -0.15) is 5.26 Å². The Morgan fingerprint density at radius 2 is 1.95 bits per heavy atom. The summed E-state index contributed by atoms with van der Waals surface area (Å²) in [6.45, 7) is 2.05. The molecule has 1 unspecified atom stereocenters. The SMILES string of the molecule is Cc1ccc(Cl)c(OCC(O)c2ccc(C#N)cc2)c1. The highest BCUT2D eigenvalue weighted by atomic mass is 35.5. The number of aryl methyl sites for hydroxylation is 1. The third kappa shape index (κ3) is 3.51. The molecule has 20 heavy (non-hydrogen) atoms. The number of aliphatic hydroxyl groups is 1. The fourth-order valence-corrected chi connectivity index (χ4v) is 1.94. The quantitative estimate of drug-likeness (QED) is 0.934. The van der Waals surface area contributed by atoms with E-state index in [1.165, 1.54) is 0 Å². The lowest BCUT2D eigenvalue weighted by Gasteiger charge is -2.14. The lowest BCUT2D eigenvalue weighted by Crippen LogP contribution is -2.10. The van der Waals surface area contributed by atoms with Gasteiger partial charge in [0.25, 0.3) is 0 Å². The maximum absolute atomic E-state index is 10.1. The van der Waals surface area contributed by atoms with Crippen LogP contribution < -0.4 is 4.74 Å². The standard InChI is InChI=1S/C16H14ClNO2/c1-11-2-7-14(17)16(8-11)20-10-15(19)13-5-3-12(9-18)4-6-13/h2-8,15,19H,10H2,1H3. The van der Waals surface area contributed by atoms with Crippen LogP contribution in [0, 0.1) is 18.3 Å². The molecule has 0 aromatic heterocycles. The summed E-state index contributed by atoms with van der Waals surface area (Å²) in [5, 5.41) is 19.3. The highest BCUT2D eigenvalue weighted by Crippen LogP contribution is 2.26. The van der Waals surface area contributed by atoms with Crippen LogP contribution in [0.15, 0.2) is 42.5 Å². The highest BCUT2D eigenvalue weighted by molar-refractivity contribution is 6.32. The van der Waals surface area contributed by atoms with Crippen molar-refractivity contribution in [2.45, 2.75) is 13.0 Å². The van der Waals surface area contributed by atoms with Gasteiger partial charge in [-0.15, -0.1) is 0 Å². The number of hydrogen-bond donors (Lipinski definition) is 1. The summed E-state index contributed by atoms with van der Waals surface area (Å²) in [4.78, 5) is 0. The molecule has 0 fully saturated rings. The number of rotatable bonds is 4. The summed E-state index contributed by atoms with van der Waals surface area (Å²) in [6.07, 6.45) is -0.765. The summed E-state index contributed by atoms with van der Waals surface area (Å²) in [6, 6.07) is 14.3. The molecule has 102 valence electrons. The van der Waals surface area contributed by atoms with E-state index in [1.54, 1.807) is 30.3 Å². The maximum atomic E-state index is 10.1. The average molecular weight is 288 g/mol. The Balaban J connectivity index is 2.02. The molecular formula is C16H14ClNO2. The smallest absolute Gasteiger partial charge is 0.138 e. The number of benzene rings is 2. The van der Waals surface area contributed by atoms with Crippen molar-refractivity contribution in [3.05, 3.63) is 64.2 Å². The summed E-state index contributed by atoms with van der Waals surface area (Å²) in [5.74, 6) is 0.555. The van der Waals surface area contributed by atoms with E-state index in [2.05, 4.69) is 0 Å². The van der Waals surface area contributed by atoms with E-state index >= 15 is 0 Å². The monoisotopic (exact) mass is 287 g/mol. The number of aliphatic hydroxyl groups excluding tert-OH is 1. The fourth-order valence-electron chi connectivity index (χ4n) is 1.77. The molecule has 1 N–H and O–H groups in total. The van der Waals surface area contributed by atoms with Crippen molar-refractivity contribution >= 4 is 11.6 Å². The van der Waals surface area contributed by atoms with Gasteiger partial charge in [-0.3, -0.25) is 0 Å². The molecule has 0 saturated heterocycles. The van der Waals surface area contributed by atoms with E-state index in [0.29, 0.717) is 21.9 Å². The first-order valence-electron chi connectivity index (χ1n) is 6.17. The lowest BCUT2D eigenvalue weighted by molar-refractivity contribution is 0.108. The largest absolute Gasteiger partial charge is 0.489 e. The summed E-state index contributed by atoms with van der Waals surface area (Å²) in [5.41, 5.74) is 2.30. The van der Waals surface area contributed by atoms with Gasteiger partial charge in [-0.25, -0.2) is 0 Å². The van der Waals surface area contributed by atoms with E-state index in [4.69, 9.17) is 21.6 Å². The summed E-state index contributed by atoms with van der Waals surface area (Å²) >= 11 is 6.02. The van der Waals surface area contributed by atoms with Gasteiger partial charge in [0.1, 0.15) is 18.5 Å². The Labute approximate surface area is 123 Å². The summed E-state index contributed by atoms with van der Waals surface area (Å²) < 4.78 is 5.54. The number of halogens is 1. The minimum atomic E-state index is -0.765. The zero-order valence-corrected chi connectivity index (χ0v) is 11.8. The third-order valence-corrected chi connectivity index (χ3v) is 3.22. The molecule has 0 heterocycles. The van der Waals surface area contributed by atoms with Gasteiger partial charge in [-0.1, -0.05) is 29.8 Å². The van der Waals surface area contributed by atoms with E-state index < -0.39 is 6.10 Å². The van der Waals surface area contributed by atoms with Crippen molar-refractivity contribution in [3.8, 4) is 11.8 Å². The van der Waals surface area contributed by atoms with Crippen molar-refractivity contribution in [3.63, 3.8) is 0 Å². The van der Waals surface area contributed by atoms with Crippen molar-refractivity contribution in [2.75, 3.05) is 6.61 Å². The molecule has 0 spiro atoms. The zero-order valence-electron chi connectivity index (χ0n) is 11.0. The Bertz CT molecular complexity index is 632. The van der Waals surface area contributed by atoms with Crippen LogP contribution in [0.4, 0.5) is 0 Å². The fraction of sp³-hybridized carbons (Fsp3) is 0.188. The van der Waals surface area contributed by atoms with Gasteiger partial charge < -0.3 is 9.84 Å². The second-order valence-electron chi connectivity index (χ2n) is 4.49. The van der Waals surface area contributed by atoms with Gasteiger partial charge in [0.15, 0.2) is 0 Å². The molecule has 0 radical (unpaired) electrons. The van der Waals surface area contributed by atoms with Crippen LogP contribution in [0.1, 0.15) is 22.8 Å². The number of hydrogen-bond acceptors (Lipinski definition) is 3. The van der Waals surface area contributed by atoms with E-state index in [-0.39, 0.29) is 6.61 Å². The van der Waals surface area contributed by atoms with Crippen LogP contribution in [0.2, 0.25) is 5.02 Å². The van der Waals surface area contributed by atoms with E-state index in [9.17, 15) is 5.11 Å². The molecule has 0 aliphatic heterocycles. The zero-order chi connectivity index (χ0) is 14.5. The average Bonchev–Trinajstić information content (AvgIpc) is 2.48. The van der Waals surface area contributed by atoms with Crippen LogP contribution in [0.5, 0.6) is 5.75 Å². The molecule has 0 amide bonds. The minimum absolute atomic E-state index is 0.106. The van der Waals surface area contributed by atoms with Gasteiger partial charge >= 0.3 is 0 Å². The van der Waals surface area contributed by atoms with Gasteiger partial charge in [0.05, 0.1) is 16.7 Å². The maximum Gasteiger partial charge on any atom is 0.138 e. The Morgan fingerprint density at radius 3 is 2.60 bits per heavy atom. The van der Waals surface area contributed by atoms with Gasteiger partial charge in [0.2, 0.25) is 0 Å². The van der Waals surface area contributed by atoms with Crippen molar-refractivity contribution < 1.29 is 9.84 Å². The first-order chi connectivity index (χ1) is 9.60. The van der Waals surface area contributed by atoms with Gasteiger partial charge in [0, 0.05) is 0 Å². The second-order valence-corrected chi connectivity index (χ2v) is 4.90. The Kier molecular flexibility index (Phi) is 4.62. The second kappa shape index (κ2) is 6.42. The molecule has 0 aliphatic carbocycles. The highest BCUT2D eigenvalue weighted by Gasteiger charge is 2.10. The molecule has 3 nitrogen and oxygen atoms in total. The lowest BCUT2D eigenvalue weighted by atomic mass is 10.1. The number of nitrogens with zero attached hydrogens (tertiary/aromatic N) is 1. The van der Waals surface area contributed by atoms with Crippen LogP contribution in [0.25, 0.3) is 0 Å². The molecule has 0 saturated carbocycles. The van der Waals surface area contributed by atoms with Crippen molar-refractivity contribution in [1.82, 2.24) is 0 Å². The molecule has 0 aliphatic rings. The van der Waals surface area contributed by atoms with Gasteiger partial charge in [-0.05, 0) is 42.3 Å².